The summed E-state index contributed by atoms with van der Waals surface area (Å²) in [6, 6.07) is 5.07. The Morgan fingerprint density at radius 3 is 2.38 bits per heavy atom. The number of alkyl halides is 1. The second-order valence-corrected chi connectivity index (χ2v) is 7.70. The maximum absolute atomic E-state index is 12.8. The molecule has 120 valence electrons. The number of nitrogens with zero attached hydrogens (tertiary/aromatic N) is 2. The first-order valence-corrected chi connectivity index (χ1v) is 9.03. The first-order chi connectivity index (χ1) is 9.73. The molecule has 0 saturated carbocycles. The molecule has 0 aliphatic carbocycles. The first kappa shape index (κ1) is 18.4. The number of aryl methyl sites for hydroxylation is 1. The van der Waals surface area contributed by atoms with Gasteiger partial charge in [-0.1, -0.05) is 13.0 Å². The molecule has 0 saturated heterocycles. The van der Waals surface area contributed by atoms with Gasteiger partial charge >= 0.3 is 0 Å². The molecule has 0 aliphatic heterocycles. The Hall–Kier alpha value is -0.620. The molecule has 0 fully saturated rings. The van der Waals surface area contributed by atoms with Crippen molar-refractivity contribution in [2.75, 3.05) is 27.2 Å². The van der Waals surface area contributed by atoms with E-state index in [2.05, 4.69) is 0 Å². The molecule has 0 aliphatic rings. The third kappa shape index (κ3) is 4.42. The van der Waals surface area contributed by atoms with Gasteiger partial charge < -0.3 is 4.90 Å². The fraction of sp³-hybridized carbons (Fsp3) is 0.600. The Morgan fingerprint density at radius 2 is 1.90 bits per heavy atom. The summed E-state index contributed by atoms with van der Waals surface area (Å²) in [5.41, 5.74) is 1.86. The summed E-state index contributed by atoms with van der Waals surface area (Å²) in [5.74, 6) is 0.314. The Balaban J connectivity index is 3.18. The fourth-order valence-electron chi connectivity index (χ4n) is 2.43. The lowest BCUT2D eigenvalue weighted by atomic mass is 10.1. The zero-order chi connectivity index (χ0) is 16.2. The molecule has 0 heterocycles. The zero-order valence-electron chi connectivity index (χ0n) is 13.4. The number of halogens is 1. The molecule has 0 N–H and O–H groups in total. The van der Waals surface area contributed by atoms with Gasteiger partial charge in [0.05, 0.1) is 4.90 Å². The van der Waals surface area contributed by atoms with E-state index in [0.717, 1.165) is 11.1 Å². The van der Waals surface area contributed by atoms with E-state index in [9.17, 15) is 8.42 Å². The molecule has 4 nitrogen and oxygen atoms in total. The standard InChI is InChI=1S/C15H25ClN2O2S/c1-6-18(13(3)11-17(4)5)21(19,20)15-8-7-12(2)14(9-15)10-16/h7-9,13H,6,10-11H2,1-5H3. The maximum atomic E-state index is 12.8. The Labute approximate surface area is 133 Å². The molecule has 0 bridgehead atoms. The number of rotatable bonds is 7. The lowest BCUT2D eigenvalue weighted by molar-refractivity contribution is 0.271. The van der Waals surface area contributed by atoms with E-state index in [1.54, 1.807) is 12.1 Å². The van der Waals surface area contributed by atoms with Crippen molar-refractivity contribution in [2.24, 2.45) is 0 Å². The molecule has 0 aromatic heterocycles. The molecule has 0 amide bonds. The van der Waals surface area contributed by atoms with Crippen molar-refractivity contribution in [3.63, 3.8) is 0 Å². The van der Waals surface area contributed by atoms with E-state index < -0.39 is 10.0 Å². The monoisotopic (exact) mass is 332 g/mol. The molecule has 21 heavy (non-hydrogen) atoms. The van der Waals surface area contributed by atoms with Gasteiger partial charge in [0.1, 0.15) is 0 Å². The highest BCUT2D eigenvalue weighted by Crippen LogP contribution is 2.22. The van der Waals surface area contributed by atoms with Gasteiger partial charge in [0.25, 0.3) is 0 Å². The van der Waals surface area contributed by atoms with Crippen LogP contribution in [-0.2, 0) is 15.9 Å². The minimum atomic E-state index is -3.50. The SMILES string of the molecule is CCN(C(C)CN(C)C)S(=O)(=O)c1ccc(C)c(CCl)c1. The molecule has 1 aromatic rings. The summed E-state index contributed by atoms with van der Waals surface area (Å²) in [6.07, 6.45) is 0. The maximum Gasteiger partial charge on any atom is 0.243 e. The summed E-state index contributed by atoms with van der Waals surface area (Å²) in [4.78, 5) is 2.30. The molecule has 1 atom stereocenters. The molecule has 0 radical (unpaired) electrons. The van der Waals surface area contributed by atoms with Crippen molar-refractivity contribution in [3.8, 4) is 0 Å². The van der Waals surface area contributed by atoms with Crippen molar-refractivity contribution in [3.05, 3.63) is 29.3 Å². The van der Waals surface area contributed by atoms with Crippen LogP contribution >= 0.6 is 11.6 Å². The number of benzene rings is 1. The minimum Gasteiger partial charge on any atom is -0.308 e. The van der Waals surface area contributed by atoms with Crippen LogP contribution in [0.15, 0.2) is 23.1 Å². The number of likely N-dealkylation sites (N-methyl/N-ethyl adjacent to an activating group) is 2. The molecule has 0 spiro atoms. The van der Waals surface area contributed by atoms with Gasteiger partial charge in [-0.25, -0.2) is 8.42 Å². The minimum absolute atomic E-state index is 0.0873. The quantitative estimate of drug-likeness (QED) is 0.721. The molecule has 6 heteroatoms. The second kappa shape index (κ2) is 7.58. The summed E-state index contributed by atoms with van der Waals surface area (Å²) in [5, 5.41) is 0. The van der Waals surface area contributed by atoms with Crippen molar-refractivity contribution >= 4 is 21.6 Å². The molecule has 1 rings (SSSR count). The zero-order valence-corrected chi connectivity index (χ0v) is 15.0. The predicted octanol–water partition coefficient (Wildman–Crippen LogP) is 2.69. The first-order valence-electron chi connectivity index (χ1n) is 7.06. The smallest absolute Gasteiger partial charge is 0.243 e. The van der Waals surface area contributed by atoms with Crippen molar-refractivity contribution in [2.45, 2.75) is 37.6 Å². The molecular weight excluding hydrogens is 308 g/mol. The van der Waals surface area contributed by atoms with E-state index in [4.69, 9.17) is 11.6 Å². The average Bonchev–Trinajstić information content (AvgIpc) is 2.38. The number of hydrogen-bond donors (Lipinski definition) is 0. The van der Waals surface area contributed by atoms with Crippen molar-refractivity contribution in [1.82, 2.24) is 9.21 Å². The van der Waals surface area contributed by atoms with Crippen LogP contribution in [-0.4, -0.2) is 50.8 Å². The van der Waals surface area contributed by atoms with Crippen LogP contribution in [0, 0.1) is 6.92 Å². The second-order valence-electron chi connectivity index (χ2n) is 5.54. The third-order valence-corrected chi connectivity index (χ3v) is 5.88. The lowest BCUT2D eigenvalue weighted by Crippen LogP contribution is -2.43. The normalized spacial score (nSPS) is 13.9. The average molecular weight is 333 g/mol. The van der Waals surface area contributed by atoms with Crippen LogP contribution in [0.25, 0.3) is 0 Å². The predicted molar refractivity (Wildman–Crippen MR) is 88.3 cm³/mol. The van der Waals surface area contributed by atoms with E-state index in [1.807, 2.05) is 45.8 Å². The van der Waals surface area contributed by atoms with Crippen LogP contribution in [0.5, 0.6) is 0 Å². The van der Waals surface area contributed by atoms with Crippen LogP contribution < -0.4 is 0 Å². The van der Waals surface area contributed by atoms with E-state index in [0.29, 0.717) is 23.9 Å². The molecule has 1 aromatic carbocycles. The molecule has 1 unspecified atom stereocenters. The van der Waals surface area contributed by atoms with Gasteiger partial charge in [0, 0.05) is 25.0 Å². The van der Waals surface area contributed by atoms with Crippen molar-refractivity contribution in [1.29, 1.82) is 0 Å². The summed E-state index contributed by atoms with van der Waals surface area (Å²) in [6.45, 7) is 6.85. The summed E-state index contributed by atoms with van der Waals surface area (Å²) in [7, 11) is 0.381. The Morgan fingerprint density at radius 1 is 1.29 bits per heavy atom. The number of hydrogen-bond acceptors (Lipinski definition) is 3. The largest absolute Gasteiger partial charge is 0.308 e. The highest BCUT2D eigenvalue weighted by atomic mass is 35.5. The number of sulfonamides is 1. The van der Waals surface area contributed by atoms with Crippen molar-refractivity contribution < 1.29 is 8.42 Å². The van der Waals surface area contributed by atoms with E-state index >= 15 is 0 Å². The molecular formula is C15H25ClN2O2S. The van der Waals surface area contributed by atoms with Gasteiger partial charge in [-0.2, -0.15) is 4.31 Å². The fourth-order valence-corrected chi connectivity index (χ4v) is 4.40. The van der Waals surface area contributed by atoms with Gasteiger partial charge in [-0.3, -0.25) is 0 Å². The van der Waals surface area contributed by atoms with Crippen LogP contribution in [0.2, 0.25) is 0 Å². The summed E-state index contributed by atoms with van der Waals surface area (Å²) >= 11 is 5.88. The van der Waals surface area contributed by atoms with Gasteiger partial charge in [-0.05, 0) is 51.2 Å². The van der Waals surface area contributed by atoms with Crippen LogP contribution in [0.3, 0.4) is 0 Å². The summed E-state index contributed by atoms with van der Waals surface area (Å²) < 4.78 is 27.2. The highest BCUT2D eigenvalue weighted by molar-refractivity contribution is 7.89. The third-order valence-electron chi connectivity index (χ3n) is 3.50. The Bertz CT molecular complexity index is 573. The van der Waals surface area contributed by atoms with Gasteiger partial charge in [-0.15, -0.1) is 11.6 Å². The lowest BCUT2D eigenvalue weighted by Gasteiger charge is -2.29. The highest BCUT2D eigenvalue weighted by Gasteiger charge is 2.28. The van der Waals surface area contributed by atoms with Crippen LogP contribution in [0.4, 0.5) is 0 Å². The van der Waals surface area contributed by atoms with Gasteiger partial charge in [0.15, 0.2) is 0 Å². The topological polar surface area (TPSA) is 40.6 Å². The van der Waals surface area contributed by atoms with Gasteiger partial charge in [0.2, 0.25) is 10.0 Å². The Kier molecular flexibility index (Phi) is 6.66. The van der Waals surface area contributed by atoms with E-state index in [1.165, 1.54) is 4.31 Å². The van der Waals surface area contributed by atoms with E-state index in [-0.39, 0.29) is 6.04 Å². The van der Waals surface area contributed by atoms with Crippen LogP contribution in [0.1, 0.15) is 25.0 Å².